The first kappa shape index (κ1) is 24.6. The van der Waals surface area contributed by atoms with Crippen molar-refractivity contribution in [2.45, 2.75) is 110 Å². The van der Waals surface area contributed by atoms with E-state index in [-0.39, 0.29) is 26.2 Å². The van der Waals surface area contributed by atoms with Crippen LogP contribution in [0.4, 0.5) is 0 Å². The largest absolute Gasteiger partial charge is 0.342 e. The van der Waals surface area contributed by atoms with Crippen LogP contribution in [0, 0.1) is 0 Å². The van der Waals surface area contributed by atoms with E-state index < -0.39 is 5.97 Å². The van der Waals surface area contributed by atoms with Gasteiger partial charge in [-0.15, -0.1) is 0 Å². The topological polar surface area (TPSA) is 46.5 Å². The van der Waals surface area contributed by atoms with Crippen molar-refractivity contribution >= 4 is 32.2 Å². The van der Waals surface area contributed by atoms with Crippen molar-refractivity contribution in [2.75, 3.05) is 0 Å². The number of hydrogen-bond donors (Lipinski definition) is 1. The van der Waals surface area contributed by atoms with Gasteiger partial charge in [0.2, 0.25) is 0 Å². The monoisotopic (exact) mass is 509 g/mol. The van der Waals surface area contributed by atoms with Crippen LogP contribution in [0.15, 0.2) is 0 Å². The molecule has 1 N–H and O–H groups in total. The van der Waals surface area contributed by atoms with E-state index in [1.54, 1.807) is 0 Å². The molecule has 0 aliphatic heterocycles. The fraction of sp³-hybridized carbons (Fsp3) is 0.944. The Balaban J connectivity index is 0. The number of carbonyl (C=O) groups excluding carboxylic acids is 1. The maximum absolute atomic E-state index is 10.7. The molecule has 0 amide bonds. The van der Waals surface area contributed by atoms with Gasteiger partial charge in [-0.1, -0.05) is 96.8 Å². The zero-order chi connectivity index (χ0) is 15.6. The first-order valence-electron chi connectivity index (χ1n) is 9.15. The minimum atomic E-state index is -0.510. The van der Waals surface area contributed by atoms with Crippen molar-refractivity contribution in [3.63, 3.8) is 0 Å². The Labute approximate surface area is 156 Å². The normalized spacial score (nSPS) is 10.3. The summed E-state index contributed by atoms with van der Waals surface area (Å²) in [6.07, 6.45) is 20.0. The Morgan fingerprint density at radius 1 is 0.682 bits per heavy atom. The molecule has 0 aromatic rings. The van der Waals surface area contributed by atoms with E-state index >= 15 is 0 Å². The van der Waals surface area contributed by atoms with Gasteiger partial charge in [0, 0.05) is 32.6 Å². The quantitative estimate of drug-likeness (QED) is 0.122. The van der Waals surface area contributed by atoms with Crippen LogP contribution >= 0.6 is 0 Å². The van der Waals surface area contributed by atoms with E-state index in [1.807, 2.05) is 0 Å². The first-order valence-corrected chi connectivity index (χ1v) is 9.15. The second-order valence-electron chi connectivity index (χ2n) is 6.16. The number of carbonyl (C=O) groups is 1. The average Bonchev–Trinajstić information content (AvgIpc) is 2.50. The zero-order valence-electron chi connectivity index (χ0n) is 14.5. The maximum atomic E-state index is 10.7. The van der Waals surface area contributed by atoms with Crippen LogP contribution in [0.2, 0.25) is 0 Å². The molecule has 0 unspecified atom stereocenters. The second kappa shape index (κ2) is 21.3. The third-order valence-corrected chi connectivity index (χ3v) is 4.09. The van der Waals surface area contributed by atoms with E-state index in [1.165, 1.54) is 83.5 Å². The number of hydrogen-bond acceptors (Lipinski definition) is 3. The van der Waals surface area contributed by atoms with Crippen LogP contribution in [0.25, 0.3) is 0 Å². The summed E-state index contributed by atoms with van der Waals surface area (Å²) < 4.78 is 0. The average molecular weight is 509 g/mol. The van der Waals surface area contributed by atoms with Gasteiger partial charge in [0.25, 0.3) is 0 Å². The summed E-state index contributed by atoms with van der Waals surface area (Å²) in [5.41, 5.74) is 0. The van der Waals surface area contributed by atoms with Gasteiger partial charge in [-0.3, -0.25) is 0 Å². The van der Waals surface area contributed by atoms with Crippen molar-refractivity contribution < 1.29 is 14.9 Å². The predicted octanol–water partition coefficient (Wildman–Crippen LogP) is 5.88. The Morgan fingerprint density at radius 3 is 1.32 bits per heavy atom. The van der Waals surface area contributed by atoms with Gasteiger partial charge in [-0.25, -0.2) is 4.79 Å². The molecular formula is C18H36BiO3. The molecular weight excluding hydrogens is 473 g/mol. The molecule has 131 valence electrons. The minimum absolute atomic E-state index is 0. The molecule has 3 nitrogen and oxygen atoms in total. The van der Waals surface area contributed by atoms with Crippen LogP contribution in [0.1, 0.15) is 110 Å². The third kappa shape index (κ3) is 20.3. The van der Waals surface area contributed by atoms with Crippen molar-refractivity contribution in [3.8, 4) is 0 Å². The van der Waals surface area contributed by atoms with E-state index in [9.17, 15) is 4.79 Å². The molecule has 0 aliphatic rings. The van der Waals surface area contributed by atoms with Crippen molar-refractivity contribution in [1.82, 2.24) is 0 Å². The van der Waals surface area contributed by atoms with E-state index in [0.29, 0.717) is 6.42 Å². The van der Waals surface area contributed by atoms with Crippen LogP contribution in [-0.2, 0) is 9.68 Å². The van der Waals surface area contributed by atoms with Crippen LogP contribution in [0.3, 0.4) is 0 Å². The van der Waals surface area contributed by atoms with Crippen LogP contribution < -0.4 is 0 Å². The summed E-state index contributed by atoms with van der Waals surface area (Å²) in [7, 11) is 0. The molecule has 0 bridgehead atoms. The van der Waals surface area contributed by atoms with Gasteiger partial charge < -0.3 is 4.89 Å². The van der Waals surface area contributed by atoms with Crippen LogP contribution in [-0.4, -0.2) is 37.4 Å². The summed E-state index contributed by atoms with van der Waals surface area (Å²) in [6, 6.07) is 0. The van der Waals surface area contributed by atoms with Crippen molar-refractivity contribution in [3.05, 3.63) is 0 Å². The molecule has 0 rings (SSSR count). The first-order chi connectivity index (χ1) is 10.3. The van der Waals surface area contributed by atoms with Crippen LogP contribution in [0.5, 0.6) is 0 Å². The molecule has 0 saturated carbocycles. The summed E-state index contributed by atoms with van der Waals surface area (Å²) in [6.45, 7) is 2.27. The van der Waals surface area contributed by atoms with E-state index in [0.717, 1.165) is 12.8 Å². The summed E-state index contributed by atoms with van der Waals surface area (Å²) in [4.78, 5) is 14.3. The zero-order valence-corrected chi connectivity index (χ0v) is 18.0. The van der Waals surface area contributed by atoms with Crippen molar-refractivity contribution in [2.24, 2.45) is 0 Å². The minimum Gasteiger partial charge on any atom is -0.301 e. The molecule has 22 heavy (non-hydrogen) atoms. The Morgan fingerprint density at radius 2 is 1.00 bits per heavy atom. The molecule has 0 fully saturated rings. The Hall–Kier alpha value is 0.313. The molecule has 0 aliphatic carbocycles. The molecule has 0 heterocycles. The molecule has 0 saturated heterocycles. The van der Waals surface area contributed by atoms with E-state index in [2.05, 4.69) is 11.8 Å². The maximum Gasteiger partial charge on any atom is 0.342 e. The summed E-state index contributed by atoms with van der Waals surface area (Å²) >= 11 is 0. The third-order valence-electron chi connectivity index (χ3n) is 4.09. The summed E-state index contributed by atoms with van der Waals surface area (Å²) in [5.74, 6) is -0.510. The number of rotatable bonds is 16. The Bertz CT molecular complexity index is 222. The number of unbranched alkanes of at least 4 members (excludes halogenated alkanes) is 14. The van der Waals surface area contributed by atoms with Gasteiger partial charge in [-0.2, -0.15) is 5.26 Å². The molecule has 0 atom stereocenters. The standard InChI is InChI=1S/C18H36O3.Bi/c1-2-3-4-5-6-7-8-9-10-11-12-13-14-15-16-17-18(19)21-20;/h20H,2-17H2,1H3;. The SMILES string of the molecule is CCCCCCCCCCCCCCCCCC(=O)OO.[Bi]. The Kier molecular flexibility index (Phi) is 23.8. The molecule has 0 spiro atoms. The molecule has 0 aromatic carbocycles. The fourth-order valence-electron chi connectivity index (χ4n) is 2.69. The molecule has 4 heteroatoms. The second-order valence-corrected chi connectivity index (χ2v) is 6.16. The molecule has 3 radical (unpaired) electrons. The molecule has 0 aromatic heterocycles. The van der Waals surface area contributed by atoms with E-state index in [4.69, 9.17) is 5.26 Å². The van der Waals surface area contributed by atoms with Gasteiger partial charge in [0.15, 0.2) is 0 Å². The van der Waals surface area contributed by atoms with Gasteiger partial charge in [0.1, 0.15) is 0 Å². The van der Waals surface area contributed by atoms with Crippen molar-refractivity contribution in [1.29, 1.82) is 0 Å². The van der Waals surface area contributed by atoms with Gasteiger partial charge in [0.05, 0.1) is 0 Å². The van der Waals surface area contributed by atoms with Gasteiger partial charge in [-0.05, 0) is 6.42 Å². The summed E-state index contributed by atoms with van der Waals surface area (Å²) in [5, 5.41) is 8.10. The smallest absolute Gasteiger partial charge is 0.301 e. The van der Waals surface area contributed by atoms with Gasteiger partial charge >= 0.3 is 5.97 Å². The fourth-order valence-corrected chi connectivity index (χ4v) is 2.69. The predicted molar refractivity (Wildman–Crippen MR) is 94.0 cm³/mol.